The molecule has 1 amide bonds. The van der Waals surface area contributed by atoms with Crippen molar-refractivity contribution in [2.45, 2.75) is 18.9 Å². The third-order valence-electron chi connectivity index (χ3n) is 3.96. The summed E-state index contributed by atoms with van der Waals surface area (Å²) >= 11 is 13.8. The first-order valence-corrected chi connectivity index (χ1v) is 8.50. The maximum absolute atomic E-state index is 12.7. The van der Waals surface area contributed by atoms with Crippen molar-refractivity contribution in [1.29, 1.82) is 0 Å². The normalized spacial score (nSPS) is 15.6. The number of carbonyl (C=O) groups is 1. The van der Waals surface area contributed by atoms with Gasteiger partial charge < -0.3 is 10.2 Å². The number of hydrogen-bond acceptors (Lipinski definition) is 3. The molecule has 1 aliphatic rings. The Kier molecular flexibility index (Phi) is 5.97. The van der Waals surface area contributed by atoms with Crippen LogP contribution in [-0.4, -0.2) is 37.0 Å². The van der Waals surface area contributed by atoms with E-state index in [-0.39, 0.29) is 24.4 Å². The highest BCUT2D eigenvalue weighted by Crippen LogP contribution is 2.37. The Hall–Kier alpha value is -0.520. The monoisotopic (exact) mass is 378 g/mol. The lowest BCUT2D eigenvalue weighted by Crippen LogP contribution is -2.43. The molecule has 0 atom stereocenters. The Bertz CT molecular complexity index is 683. The molecule has 0 saturated carbocycles. The molecule has 0 unspecified atom stereocenters. The van der Waals surface area contributed by atoms with Crippen LogP contribution in [0.5, 0.6) is 0 Å². The fourth-order valence-electron chi connectivity index (χ4n) is 2.70. The van der Waals surface area contributed by atoms with Gasteiger partial charge in [-0.25, -0.2) is 0 Å². The minimum Gasteiger partial charge on any atom is -0.338 e. The zero-order valence-electron chi connectivity index (χ0n) is 12.1. The van der Waals surface area contributed by atoms with E-state index in [0.717, 1.165) is 36.0 Å². The van der Waals surface area contributed by atoms with Crippen LogP contribution in [0.3, 0.4) is 0 Å². The molecule has 3 rings (SSSR count). The molecule has 120 valence electrons. The van der Waals surface area contributed by atoms with Crippen LogP contribution in [0.2, 0.25) is 10.0 Å². The van der Waals surface area contributed by atoms with Crippen LogP contribution in [-0.2, 0) is 0 Å². The van der Waals surface area contributed by atoms with Crippen molar-refractivity contribution < 1.29 is 4.79 Å². The lowest BCUT2D eigenvalue weighted by atomic mass is 10.1. The largest absolute Gasteiger partial charge is 0.338 e. The number of benzene rings is 1. The Morgan fingerprint density at radius 1 is 1.32 bits per heavy atom. The summed E-state index contributed by atoms with van der Waals surface area (Å²) in [6.07, 6.45) is 1.97. The van der Waals surface area contributed by atoms with Gasteiger partial charge in [-0.2, -0.15) is 0 Å². The summed E-state index contributed by atoms with van der Waals surface area (Å²) < 4.78 is 0.953. The molecule has 2 aromatic rings. The zero-order valence-corrected chi connectivity index (χ0v) is 15.2. The van der Waals surface area contributed by atoms with Crippen LogP contribution in [0.25, 0.3) is 10.1 Å². The molecule has 0 aliphatic carbocycles. The van der Waals surface area contributed by atoms with Crippen molar-refractivity contribution in [3.63, 3.8) is 0 Å². The summed E-state index contributed by atoms with van der Waals surface area (Å²) in [5.41, 5.74) is 0. The Balaban J connectivity index is 0.00000176. The first kappa shape index (κ1) is 17.8. The molecule has 0 spiro atoms. The van der Waals surface area contributed by atoms with Crippen LogP contribution in [0.15, 0.2) is 18.2 Å². The molecule has 1 aliphatic heterocycles. The number of piperidine rings is 1. The highest BCUT2D eigenvalue weighted by atomic mass is 35.5. The van der Waals surface area contributed by atoms with E-state index in [1.165, 1.54) is 11.3 Å². The van der Waals surface area contributed by atoms with Crippen molar-refractivity contribution in [2.24, 2.45) is 0 Å². The number of halogens is 3. The van der Waals surface area contributed by atoms with Gasteiger partial charge in [0, 0.05) is 28.2 Å². The average Bonchev–Trinajstić information content (AvgIpc) is 2.83. The van der Waals surface area contributed by atoms with Crippen LogP contribution >= 0.6 is 46.9 Å². The molecule has 0 radical (unpaired) electrons. The molecule has 7 heteroatoms. The maximum atomic E-state index is 12.7. The van der Waals surface area contributed by atoms with Crippen molar-refractivity contribution >= 4 is 62.9 Å². The Labute approximate surface area is 150 Å². The second-order valence-corrected chi connectivity index (χ2v) is 7.15. The number of amides is 1. The van der Waals surface area contributed by atoms with E-state index >= 15 is 0 Å². The van der Waals surface area contributed by atoms with Gasteiger partial charge in [0.2, 0.25) is 0 Å². The van der Waals surface area contributed by atoms with Gasteiger partial charge >= 0.3 is 0 Å². The van der Waals surface area contributed by atoms with E-state index < -0.39 is 0 Å². The van der Waals surface area contributed by atoms with Crippen LogP contribution in [0, 0.1) is 0 Å². The van der Waals surface area contributed by atoms with Crippen molar-refractivity contribution in [1.82, 2.24) is 10.2 Å². The molecular weight excluding hydrogens is 363 g/mol. The number of hydrogen-bond donors (Lipinski definition) is 1. The Morgan fingerprint density at radius 3 is 2.68 bits per heavy atom. The number of rotatable bonds is 2. The fourth-order valence-corrected chi connectivity index (χ4v) is 4.47. The molecule has 1 aromatic carbocycles. The predicted octanol–water partition coefficient (Wildman–Crippen LogP) is 4.45. The summed E-state index contributed by atoms with van der Waals surface area (Å²) in [6, 6.07) is 5.81. The van der Waals surface area contributed by atoms with Gasteiger partial charge in [-0.1, -0.05) is 29.3 Å². The van der Waals surface area contributed by atoms with Gasteiger partial charge in [0.1, 0.15) is 4.88 Å². The molecule has 1 aromatic heterocycles. The number of thiophene rings is 1. The second-order valence-electron chi connectivity index (χ2n) is 5.28. The topological polar surface area (TPSA) is 32.3 Å². The highest BCUT2D eigenvalue weighted by Gasteiger charge is 2.26. The van der Waals surface area contributed by atoms with E-state index in [2.05, 4.69) is 5.32 Å². The SMILES string of the molecule is CN(C(=O)c1sc2cc(Cl)ccc2c1Cl)C1CCNCC1.Cl. The van der Waals surface area contributed by atoms with Crippen molar-refractivity contribution in [3.05, 3.63) is 33.1 Å². The predicted molar refractivity (Wildman–Crippen MR) is 97.1 cm³/mol. The van der Waals surface area contributed by atoms with Crippen molar-refractivity contribution in [3.8, 4) is 0 Å². The summed E-state index contributed by atoms with van der Waals surface area (Å²) in [5.74, 6) is 0.00391. The second kappa shape index (κ2) is 7.37. The smallest absolute Gasteiger partial charge is 0.265 e. The molecule has 1 fully saturated rings. The first-order valence-electron chi connectivity index (χ1n) is 6.93. The number of fused-ring (bicyclic) bond motifs is 1. The minimum atomic E-state index is 0. The van der Waals surface area contributed by atoms with E-state index in [1.807, 2.05) is 24.1 Å². The molecule has 2 heterocycles. The van der Waals surface area contributed by atoms with Gasteiger partial charge in [-0.3, -0.25) is 4.79 Å². The summed E-state index contributed by atoms with van der Waals surface area (Å²) in [6.45, 7) is 1.91. The summed E-state index contributed by atoms with van der Waals surface area (Å²) in [7, 11) is 1.87. The Morgan fingerprint density at radius 2 is 2.00 bits per heavy atom. The van der Waals surface area contributed by atoms with E-state index in [9.17, 15) is 4.79 Å². The van der Waals surface area contributed by atoms with E-state index in [4.69, 9.17) is 23.2 Å². The molecule has 0 bridgehead atoms. The van der Waals surface area contributed by atoms with Gasteiger partial charge in [0.05, 0.1) is 5.02 Å². The first-order chi connectivity index (χ1) is 10.1. The minimum absolute atomic E-state index is 0. The third-order valence-corrected chi connectivity index (χ3v) is 5.84. The summed E-state index contributed by atoms with van der Waals surface area (Å²) in [4.78, 5) is 15.2. The number of carbonyl (C=O) groups excluding carboxylic acids is 1. The van der Waals surface area contributed by atoms with Gasteiger partial charge in [-0.15, -0.1) is 23.7 Å². The van der Waals surface area contributed by atoms with Gasteiger partial charge in [0.25, 0.3) is 5.91 Å². The van der Waals surface area contributed by atoms with Crippen molar-refractivity contribution in [2.75, 3.05) is 20.1 Å². The number of nitrogens with zero attached hydrogens (tertiary/aromatic N) is 1. The van der Waals surface area contributed by atoms with E-state index in [0.29, 0.717) is 14.9 Å². The zero-order chi connectivity index (χ0) is 15.0. The molecule has 3 nitrogen and oxygen atoms in total. The lowest BCUT2D eigenvalue weighted by molar-refractivity contribution is 0.0708. The van der Waals surface area contributed by atoms with Crippen LogP contribution in [0.1, 0.15) is 22.5 Å². The van der Waals surface area contributed by atoms with E-state index in [1.54, 1.807) is 6.07 Å². The molecule has 1 saturated heterocycles. The number of nitrogens with one attached hydrogen (secondary N) is 1. The lowest BCUT2D eigenvalue weighted by Gasteiger charge is -2.31. The van der Waals surface area contributed by atoms with Crippen LogP contribution < -0.4 is 5.32 Å². The quantitative estimate of drug-likeness (QED) is 0.836. The highest BCUT2D eigenvalue weighted by molar-refractivity contribution is 7.21. The van der Waals surface area contributed by atoms with Gasteiger partial charge in [-0.05, 0) is 38.1 Å². The summed E-state index contributed by atoms with van der Waals surface area (Å²) in [5, 5.41) is 5.41. The molecule has 1 N–H and O–H groups in total. The van der Waals surface area contributed by atoms with Gasteiger partial charge in [0.15, 0.2) is 0 Å². The molecular formula is C15H17Cl3N2OS. The average molecular weight is 380 g/mol. The fraction of sp³-hybridized carbons (Fsp3) is 0.400. The molecule has 22 heavy (non-hydrogen) atoms. The third kappa shape index (κ3) is 3.36. The van der Waals surface area contributed by atoms with Crippen LogP contribution in [0.4, 0.5) is 0 Å². The maximum Gasteiger partial charge on any atom is 0.265 e. The standard InChI is InChI=1S/C15H16Cl2N2OS.ClH/c1-19(10-4-6-18-7-5-10)15(20)14-13(17)11-3-2-9(16)8-12(11)21-14;/h2-3,8,10,18H,4-7H2,1H3;1H.